The predicted octanol–water partition coefficient (Wildman–Crippen LogP) is -4.21. The van der Waals surface area contributed by atoms with Crippen molar-refractivity contribution >= 4 is 108 Å². The molecular weight excluding hydrogens is 778 g/mol. The second kappa shape index (κ2) is 40.7. The summed E-state index contributed by atoms with van der Waals surface area (Å²) in [6.07, 6.45) is 0. The van der Waals surface area contributed by atoms with Crippen molar-refractivity contribution in [2.24, 2.45) is 0 Å². The van der Waals surface area contributed by atoms with Crippen LogP contribution < -0.4 is 0 Å². The summed E-state index contributed by atoms with van der Waals surface area (Å²) in [6, 6.07) is 0. The van der Waals surface area contributed by atoms with Gasteiger partial charge in [0.1, 0.15) is 0 Å². The van der Waals surface area contributed by atoms with Gasteiger partial charge in [-0.1, -0.05) is 0 Å². The molecule has 0 radical (unpaired) electrons. The van der Waals surface area contributed by atoms with Crippen LogP contribution in [-0.2, 0) is 72.3 Å². The molecule has 7 heavy (non-hydrogen) atoms. The van der Waals surface area contributed by atoms with E-state index in [1.165, 1.54) is 0 Å². The van der Waals surface area contributed by atoms with E-state index < -0.39 is 0 Å². The molecular formula is H10AsBaCdCrHgSbSe. The third-order valence-electron chi connectivity index (χ3n) is 0. The molecule has 0 heterocycles. The van der Waals surface area contributed by atoms with Gasteiger partial charge in [-0.15, -0.1) is 0 Å². The molecule has 0 rings (SSSR count). The van der Waals surface area contributed by atoms with Crippen molar-refractivity contribution in [1.29, 1.82) is 0 Å². The monoisotopic (exact) mass is 792 g/mol. The minimum absolute atomic E-state index is 0. The van der Waals surface area contributed by atoms with Crippen LogP contribution in [0, 0.1) is 0 Å². The molecule has 0 aliphatic heterocycles. The van der Waals surface area contributed by atoms with Crippen molar-refractivity contribution in [2.75, 3.05) is 0 Å². The number of hydrogen-bond acceptors (Lipinski definition) is 0. The molecule has 0 spiro atoms. The molecule has 0 aromatic heterocycles. The topological polar surface area (TPSA) is 0 Å². The maximum atomic E-state index is 0. The van der Waals surface area contributed by atoms with Gasteiger partial charge in [0.05, 0.1) is 0 Å². The summed E-state index contributed by atoms with van der Waals surface area (Å²) in [5.74, 6) is 0. The van der Waals surface area contributed by atoms with Crippen LogP contribution in [0.4, 0.5) is 0 Å². The summed E-state index contributed by atoms with van der Waals surface area (Å²) < 4.78 is 0. The molecule has 0 amide bonds. The zero-order chi connectivity index (χ0) is 0. The van der Waals surface area contributed by atoms with Crippen molar-refractivity contribution in [3.63, 3.8) is 0 Å². The maximum absolute atomic E-state index is 0. The van der Waals surface area contributed by atoms with Gasteiger partial charge in [-0.25, -0.2) is 0 Å². The molecule has 1 atom stereocenters. The summed E-state index contributed by atoms with van der Waals surface area (Å²) in [6.45, 7) is 0. The van der Waals surface area contributed by atoms with Crippen molar-refractivity contribution in [1.82, 2.24) is 0 Å². The van der Waals surface area contributed by atoms with Gasteiger partial charge in [0.2, 0.25) is 0 Å². The Balaban J connectivity index is 0. The van der Waals surface area contributed by atoms with Crippen molar-refractivity contribution in [3.8, 4) is 0 Å². The molecule has 0 nitrogen and oxygen atoms in total. The fourth-order valence-corrected chi connectivity index (χ4v) is 0. The van der Waals surface area contributed by atoms with Crippen LogP contribution in [0.2, 0.25) is 0 Å². The molecule has 0 aromatic rings. The molecule has 0 aromatic carbocycles. The summed E-state index contributed by atoms with van der Waals surface area (Å²) in [4.78, 5) is 0. The Morgan fingerprint density at radius 1 is 1.00 bits per heavy atom. The zero-order valence-corrected chi connectivity index (χ0v) is 23.6. The van der Waals surface area contributed by atoms with Gasteiger partial charge in [0.25, 0.3) is 0 Å². The summed E-state index contributed by atoms with van der Waals surface area (Å²) in [5.41, 5.74) is 0. The Kier molecular flexibility index (Phi) is 307. The predicted molar refractivity (Wildman–Crippen MR) is 37.0 cm³/mol. The molecule has 0 N–H and O–H groups in total. The summed E-state index contributed by atoms with van der Waals surface area (Å²) in [5, 5.41) is 0. The van der Waals surface area contributed by atoms with E-state index in [2.05, 4.69) is 0 Å². The van der Waals surface area contributed by atoms with E-state index in [-0.39, 0.29) is 181 Å². The molecule has 0 saturated carbocycles. The van der Waals surface area contributed by atoms with E-state index in [4.69, 9.17) is 0 Å². The first-order valence-corrected chi connectivity index (χ1v) is 0. The van der Waals surface area contributed by atoms with Crippen LogP contribution in [0.25, 0.3) is 0 Å². The van der Waals surface area contributed by atoms with E-state index in [9.17, 15) is 0 Å². The molecule has 0 aliphatic carbocycles. The Morgan fingerprint density at radius 3 is 1.00 bits per heavy atom. The third-order valence-corrected chi connectivity index (χ3v) is 0. The normalized spacial score (nSPS) is 0. The first kappa shape index (κ1) is 52.7. The van der Waals surface area contributed by atoms with Gasteiger partial charge >= 0.3 is 108 Å². The standard InChI is InChI=1S/AsH3.Ba.Cd.Cr.Hg.Sb.H2Se.5H/h1H3;;;;;;1H2;;;;;. The van der Waals surface area contributed by atoms with Crippen LogP contribution in [-0.4, -0.2) is 108 Å². The number of hydrogen-bond donors (Lipinski definition) is 0. The summed E-state index contributed by atoms with van der Waals surface area (Å²) in [7, 11) is 0. The quantitative estimate of drug-likeness (QED) is 0.219. The van der Waals surface area contributed by atoms with Gasteiger partial charge in [0, 0.05) is 72.3 Å². The Hall–Kier alpha value is 5.86. The molecule has 38 valence electrons. The Morgan fingerprint density at radius 2 is 1.00 bits per heavy atom. The van der Waals surface area contributed by atoms with Crippen LogP contribution in [0.5, 0.6) is 0 Å². The fraction of sp³-hybridized carbons (Fsp3) is 0. The van der Waals surface area contributed by atoms with Crippen molar-refractivity contribution < 1.29 is 72.3 Å². The van der Waals surface area contributed by atoms with Crippen LogP contribution in [0.15, 0.2) is 0 Å². The third kappa shape index (κ3) is 33.6. The molecule has 1 unspecified atom stereocenters. The molecule has 7 heteroatoms. The van der Waals surface area contributed by atoms with Gasteiger partial charge in [-0.05, 0) is 0 Å². The Labute approximate surface area is 175 Å². The van der Waals surface area contributed by atoms with Gasteiger partial charge < -0.3 is 0 Å². The van der Waals surface area contributed by atoms with Crippen LogP contribution in [0.1, 0.15) is 0 Å². The average molecular weight is 788 g/mol. The van der Waals surface area contributed by atoms with E-state index in [0.29, 0.717) is 0 Å². The first-order chi connectivity index (χ1) is 0. The van der Waals surface area contributed by atoms with Crippen LogP contribution >= 0.6 is 0 Å². The van der Waals surface area contributed by atoms with Crippen molar-refractivity contribution in [3.05, 3.63) is 0 Å². The molecule has 0 bridgehead atoms. The van der Waals surface area contributed by atoms with Crippen LogP contribution in [0.3, 0.4) is 0 Å². The molecule has 0 saturated heterocycles. The van der Waals surface area contributed by atoms with Crippen molar-refractivity contribution in [2.45, 2.75) is 0 Å². The van der Waals surface area contributed by atoms with E-state index in [1.54, 1.807) is 0 Å². The first-order valence-electron chi connectivity index (χ1n) is 0. The molecule has 0 aliphatic rings. The van der Waals surface area contributed by atoms with E-state index >= 15 is 0 Å². The van der Waals surface area contributed by atoms with Gasteiger partial charge in [-0.3, -0.25) is 0 Å². The number of rotatable bonds is 0. The van der Waals surface area contributed by atoms with Gasteiger partial charge in [-0.2, -0.15) is 0 Å². The van der Waals surface area contributed by atoms with Gasteiger partial charge in [0.15, 0.2) is 0 Å². The second-order valence-corrected chi connectivity index (χ2v) is 0. The summed E-state index contributed by atoms with van der Waals surface area (Å²) >= 11 is 0. The minimum atomic E-state index is 0. The molecule has 0 fully saturated rings. The second-order valence-electron chi connectivity index (χ2n) is 0. The van der Waals surface area contributed by atoms with E-state index in [0.717, 1.165) is 0 Å². The van der Waals surface area contributed by atoms with E-state index in [1.807, 2.05) is 0 Å². The zero-order valence-electron chi connectivity index (χ0n) is 3.74. The SMILES string of the molecule is [AsH3].[BaH2].[Cd].[Cr].[Hg].[SbH3].[SeH2]. The fourth-order valence-electron chi connectivity index (χ4n) is 0. The Bertz CT molecular complexity index is 19.7. The average Bonchev–Trinajstić information content (AvgIpc) is 0.